The molecule has 0 aliphatic carbocycles. The first-order valence-corrected chi connectivity index (χ1v) is 9.67. The quantitative estimate of drug-likeness (QED) is 0.495. The standard InChI is InChI=1S/C23H23F3N2O4/c1-14-6-4-7-15(2)21(14)28-19(29)13-27-22(31)16(3)32-20(30)11-10-17-8-5-9-18(12-17)23(24,25)26/h4-12,16H,13H2,1-3H3,(H,27,31)(H,28,29)/b11-10+. The van der Waals surface area contributed by atoms with Crippen LogP contribution in [-0.2, 0) is 25.3 Å². The normalized spacial score (nSPS) is 12.3. The molecule has 2 amide bonds. The fourth-order valence-electron chi connectivity index (χ4n) is 2.76. The van der Waals surface area contributed by atoms with Crippen molar-refractivity contribution in [2.24, 2.45) is 0 Å². The Balaban J connectivity index is 1.85. The van der Waals surface area contributed by atoms with Gasteiger partial charge < -0.3 is 15.4 Å². The maximum absolute atomic E-state index is 12.7. The first-order valence-electron chi connectivity index (χ1n) is 9.67. The number of esters is 1. The van der Waals surface area contributed by atoms with Crippen LogP contribution in [0.25, 0.3) is 6.08 Å². The van der Waals surface area contributed by atoms with E-state index in [2.05, 4.69) is 10.6 Å². The molecule has 0 saturated heterocycles. The molecule has 0 saturated carbocycles. The van der Waals surface area contributed by atoms with Crippen LogP contribution in [0.1, 0.15) is 29.2 Å². The first-order chi connectivity index (χ1) is 15.0. The number of aryl methyl sites for hydroxylation is 2. The van der Waals surface area contributed by atoms with Crippen molar-refractivity contribution in [1.29, 1.82) is 0 Å². The number of para-hydroxylation sites is 1. The Morgan fingerprint density at radius 3 is 2.31 bits per heavy atom. The highest BCUT2D eigenvalue weighted by atomic mass is 19.4. The molecule has 0 fully saturated rings. The molecular weight excluding hydrogens is 425 g/mol. The van der Waals surface area contributed by atoms with E-state index in [-0.39, 0.29) is 12.1 Å². The van der Waals surface area contributed by atoms with Gasteiger partial charge in [0, 0.05) is 11.8 Å². The molecule has 170 valence electrons. The predicted octanol–water partition coefficient (Wildman–Crippen LogP) is 4.02. The summed E-state index contributed by atoms with van der Waals surface area (Å²) >= 11 is 0. The summed E-state index contributed by atoms with van der Waals surface area (Å²) < 4.78 is 43.1. The number of carbonyl (C=O) groups is 3. The third-order valence-electron chi connectivity index (χ3n) is 4.46. The van der Waals surface area contributed by atoms with Crippen molar-refractivity contribution in [3.05, 3.63) is 70.8 Å². The number of halogens is 3. The predicted molar refractivity (Wildman–Crippen MR) is 114 cm³/mol. The van der Waals surface area contributed by atoms with Crippen molar-refractivity contribution >= 4 is 29.5 Å². The number of nitrogens with one attached hydrogen (secondary N) is 2. The SMILES string of the molecule is Cc1cccc(C)c1NC(=O)CNC(=O)C(C)OC(=O)/C=C/c1cccc(C(F)(F)F)c1. The van der Waals surface area contributed by atoms with Gasteiger partial charge in [-0.05, 0) is 55.7 Å². The summed E-state index contributed by atoms with van der Waals surface area (Å²) in [7, 11) is 0. The lowest BCUT2D eigenvalue weighted by Crippen LogP contribution is -2.40. The molecular formula is C23H23F3N2O4. The summed E-state index contributed by atoms with van der Waals surface area (Å²) in [6, 6.07) is 9.95. The summed E-state index contributed by atoms with van der Waals surface area (Å²) in [5.74, 6) is -2.05. The molecule has 2 aromatic carbocycles. The van der Waals surface area contributed by atoms with Crippen molar-refractivity contribution in [2.45, 2.75) is 33.1 Å². The van der Waals surface area contributed by atoms with Gasteiger partial charge in [-0.15, -0.1) is 0 Å². The van der Waals surface area contributed by atoms with Crippen LogP contribution in [0.4, 0.5) is 18.9 Å². The van der Waals surface area contributed by atoms with E-state index in [0.29, 0.717) is 5.69 Å². The number of amides is 2. The molecule has 2 rings (SSSR count). The lowest BCUT2D eigenvalue weighted by molar-refractivity contribution is -0.150. The molecule has 32 heavy (non-hydrogen) atoms. The molecule has 2 N–H and O–H groups in total. The van der Waals surface area contributed by atoms with E-state index in [1.165, 1.54) is 19.1 Å². The first kappa shape index (κ1) is 24.6. The largest absolute Gasteiger partial charge is 0.449 e. The monoisotopic (exact) mass is 448 g/mol. The Bertz CT molecular complexity index is 1010. The number of hydrogen-bond donors (Lipinski definition) is 2. The van der Waals surface area contributed by atoms with E-state index in [0.717, 1.165) is 35.4 Å². The zero-order valence-corrected chi connectivity index (χ0v) is 17.7. The van der Waals surface area contributed by atoms with Gasteiger partial charge in [-0.3, -0.25) is 9.59 Å². The number of carbonyl (C=O) groups excluding carboxylic acids is 3. The van der Waals surface area contributed by atoms with Gasteiger partial charge in [0.05, 0.1) is 12.1 Å². The van der Waals surface area contributed by atoms with Crippen LogP contribution in [0.15, 0.2) is 48.5 Å². The summed E-state index contributed by atoms with van der Waals surface area (Å²) in [6.07, 6.45) is -3.63. The Morgan fingerprint density at radius 2 is 1.69 bits per heavy atom. The third kappa shape index (κ3) is 7.26. The van der Waals surface area contributed by atoms with Crippen LogP contribution in [0, 0.1) is 13.8 Å². The van der Waals surface area contributed by atoms with E-state index in [1.807, 2.05) is 32.0 Å². The van der Waals surface area contributed by atoms with Crippen LogP contribution in [0.2, 0.25) is 0 Å². The van der Waals surface area contributed by atoms with Gasteiger partial charge in [-0.2, -0.15) is 13.2 Å². The Hall–Kier alpha value is -3.62. The van der Waals surface area contributed by atoms with Crippen molar-refractivity contribution in [1.82, 2.24) is 5.32 Å². The minimum Gasteiger partial charge on any atom is -0.449 e. The van der Waals surface area contributed by atoms with Crippen LogP contribution >= 0.6 is 0 Å². The van der Waals surface area contributed by atoms with Gasteiger partial charge in [-0.25, -0.2) is 4.79 Å². The van der Waals surface area contributed by atoms with Crippen LogP contribution in [0.3, 0.4) is 0 Å². The van der Waals surface area contributed by atoms with Crippen molar-refractivity contribution in [3.63, 3.8) is 0 Å². The Labute approximate surface area is 183 Å². The maximum Gasteiger partial charge on any atom is 0.416 e. The smallest absolute Gasteiger partial charge is 0.416 e. The molecule has 0 heterocycles. The zero-order chi connectivity index (χ0) is 23.9. The number of hydrogen-bond acceptors (Lipinski definition) is 4. The molecule has 9 heteroatoms. The fourth-order valence-corrected chi connectivity index (χ4v) is 2.76. The van der Waals surface area contributed by atoms with E-state index in [9.17, 15) is 27.6 Å². The van der Waals surface area contributed by atoms with Crippen molar-refractivity contribution in [3.8, 4) is 0 Å². The second-order valence-corrected chi connectivity index (χ2v) is 7.07. The number of ether oxygens (including phenoxy) is 1. The second-order valence-electron chi connectivity index (χ2n) is 7.07. The zero-order valence-electron chi connectivity index (χ0n) is 17.7. The van der Waals surface area contributed by atoms with Gasteiger partial charge in [-0.1, -0.05) is 30.3 Å². The van der Waals surface area contributed by atoms with Crippen molar-refractivity contribution in [2.75, 3.05) is 11.9 Å². The highest BCUT2D eigenvalue weighted by molar-refractivity contribution is 5.96. The maximum atomic E-state index is 12.7. The number of alkyl halides is 3. The average molecular weight is 448 g/mol. The molecule has 0 radical (unpaired) electrons. The average Bonchev–Trinajstić information content (AvgIpc) is 2.72. The van der Waals surface area contributed by atoms with E-state index >= 15 is 0 Å². The van der Waals surface area contributed by atoms with Gasteiger partial charge in [0.2, 0.25) is 5.91 Å². The van der Waals surface area contributed by atoms with Crippen LogP contribution in [-0.4, -0.2) is 30.4 Å². The van der Waals surface area contributed by atoms with E-state index in [1.54, 1.807) is 0 Å². The summed E-state index contributed by atoms with van der Waals surface area (Å²) in [5, 5.41) is 5.08. The lowest BCUT2D eigenvalue weighted by atomic mass is 10.1. The Morgan fingerprint density at radius 1 is 1.06 bits per heavy atom. The fraction of sp³-hybridized carbons (Fsp3) is 0.261. The molecule has 0 bridgehead atoms. The minimum atomic E-state index is -4.50. The van der Waals surface area contributed by atoms with Gasteiger partial charge in [0.25, 0.3) is 5.91 Å². The second kappa shape index (κ2) is 10.6. The Kier molecular flexibility index (Phi) is 8.17. The van der Waals surface area contributed by atoms with Crippen LogP contribution < -0.4 is 10.6 Å². The molecule has 0 aliphatic heterocycles. The number of rotatable bonds is 7. The molecule has 6 nitrogen and oxygen atoms in total. The molecule has 2 aromatic rings. The van der Waals surface area contributed by atoms with Crippen molar-refractivity contribution < 1.29 is 32.3 Å². The molecule has 1 atom stereocenters. The third-order valence-corrected chi connectivity index (χ3v) is 4.46. The topological polar surface area (TPSA) is 84.5 Å². The molecule has 0 spiro atoms. The number of anilines is 1. The highest BCUT2D eigenvalue weighted by Gasteiger charge is 2.30. The molecule has 0 aliphatic rings. The minimum absolute atomic E-state index is 0.150. The summed E-state index contributed by atoms with van der Waals surface area (Å²) in [4.78, 5) is 36.1. The van der Waals surface area contributed by atoms with Crippen LogP contribution in [0.5, 0.6) is 0 Å². The lowest BCUT2D eigenvalue weighted by Gasteiger charge is -2.14. The summed E-state index contributed by atoms with van der Waals surface area (Å²) in [6.45, 7) is 4.68. The van der Waals surface area contributed by atoms with Gasteiger partial charge >= 0.3 is 12.1 Å². The molecule has 0 aromatic heterocycles. The van der Waals surface area contributed by atoms with E-state index < -0.39 is 35.6 Å². The van der Waals surface area contributed by atoms with Gasteiger partial charge in [0.1, 0.15) is 0 Å². The van der Waals surface area contributed by atoms with Gasteiger partial charge in [0.15, 0.2) is 6.10 Å². The number of benzene rings is 2. The highest BCUT2D eigenvalue weighted by Crippen LogP contribution is 2.29. The summed E-state index contributed by atoms with van der Waals surface area (Å²) in [5.41, 5.74) is 1.71. The van der Waals surface area contributed by atoms with E-state index in [4.69, 9.17) is 4.74 Å². The molecule has 1 unspecified atom stereocenters.